The molecule has 1 N–H and O–H groups in total. The average Bonchev–Trinajstić information content (AvgIpc) is 3.37. The van der Waals surface area contributed by atoms with Crippen molar-refractivity contribution in [1.29, 1.82) is 0 Å². The van der Waals surface area contributed by atoms with E-state index in [-0.39, 0.29) is 17.9 Å². The molecule has 0 bridgehead atoms. The molecule has 0 atom stereocenters. The molecule has 0 aromatic carbocycles. The third-order valence-corrected chi connectivity index (χ3v) is 9.00. The first-order valence-corrected chi connectivity index (χ1v) is 14.5. The number of pyridine rings is 1. The first-order chi connectivity index (χ1) is 18.7. The van der Waals surface area contributed by atoms with Crippen LogP contribution in [0.2, 0.25) is 0 Å². The molecule has 12 heteroatoms. The Morgan fingerprint density at radius 3 is 2.67 bits per heavy atom. The molecule has 11 nitrogen and oxygen atoms in total. The number of aliphatic hydroxyl groups excluding tert-OH is 1. The molecule has 6 rings (SSSR count). The highest BCUT2D eigenvalue weighted by atomic mass is 32.2. The van der Waals surface area contributed by atoms with E-state index < -0.39 is 10.0 Å². The van der Waals surface area contributed by atoms with Crippen molar-refractivity contribution in [3.63, 3.8) is 0 Å². The molecule has 202 valence electrons. The molecule has 0 aliphatic heterocycles. The average molecular weight is 547 g/mol. The fraction of sp³-hybridized carbons (Fsp3) is 0.370. The summed E-state index contributed by atoms with van der Waals surface area (Å²) >= 11 is 0. The van der Waals surface area contributed by atoms with Gasteiger partial charge >= 0.3 is 0 Å². The molecule has 1 fully saturated rings. The van der Waals surface area contributed by atoms with E-state index in [1.807, 2.05) is 25.4 Å². The number of hydrogen-bond acceptors (Lipinski definition) is 8. The highest BCUT2D eigenvalue weighted by molar-refractivity contribution is 7.90. The number of hydrogen-bond donors (Lipinski definition) is 1. The van der Waals surface area contributed by atoms with Gasteiger partial charge in [-0.25, -0.2) is 18.4 Å². The Balaban J connectivity index is 1.31. The van der Waals surface area contributed by atoms with Crippen molar-refractivity contribution in [2.75, 3.05) is 6.61 Å². The normalized spacial score (nSPS) is 14.1. The second kappa shape index (κ2) is 9.69. The third-order valence-electron chi connectivity index (χ3n) is 6.96. The van der Waals surface area contributed by atoms with Gasteiger partial charge in [-0.1, -0.05) is 0 Å². The number of aryl methyl sites for hydroxylation is 1. The van der Waals surface area contributed by atoms with Crippen LogP contribution in [0.5, 0.6) is 0 Å². The summed E-state index contributed by atoms with van der Waals surface area (Å²) < 4.78 is 30.0. The van der Waals surface area contributed by atoms with Crippen molar-refractivity contribution in [3.05, 3.63) is 66.3 Å². The van der Waals surface area contributed by atoms with Crippen LogP contribution < -0.4 is 0 Å². The van der Waals surface area contributed by atoms with Gasteiger partial charge in [0, 0.05) is 53.9 Å². The molecule has 0 unspecified atom stereocenters. The lowest BCUT2D eigenvalue weighted by molar-refractivity contribution is 0.269. The lowest BCUT2D eigenvalue weighted by Gasteiger charge is -2.10. The van der Waals surface area contributed by atoms with Gasteiger partial charge in [0.15, 0.2) is 5.82 Å². The number of nitrogens with zero attached hydrogens (tertiary/aromatic N) is 8. The lowest BCUT2D eigenvalue weighted by atomic mass is 10.1. The number of fused-ring (bicyclic) bond motifs is 1. The maximum absolute atomic E-state index is 12.5. The van der Waals surface area contributed by atoms with Gasteiger partial charge in [0.2, 0.25) is 0 Å². The maximum Gasteiger partial charge on any atom is 0.256 e. The van der Waals surface area contributed by atoms with Crippen molar-refractivity contribution in [2.24, 2.45) is 0 Å². The summed E-state index contributed by atoms with van der Waals surface area (Å²) in [5.74, 6) is 0.424. The zero-order valence-corrected chi connectivity index (χ0v) is 22.9. The van der Waals surface area contributed by atoms with Crippen LogP contribution in [0.25, 0.3) is 33.5 Å². The topological polar surface area (TPSA) is 134 Å². The monoisotopic (exact) mass is 546 g/mol. The fourth-order valence-electron chi connectivity index (χ4n) is 4.80. The minimum atomic E-state index is -3.45. The number of aromatic nitrogens is 8. The molecule has 39 heavy (non-hydrogen) atoms. The molecule has 0 radical (unpaired) electrons. The van der Waals surface area contributed by atoms with Crippen LogP contribution in [0.3, 0.4) is 0 Å². The smallest absolute Gasteiger partial charge is 0.256 e. The highest BCUT2D eigenvalue weighted by Gasteiger charge is 2.37. The van der Waals surface area contributed by atoms with E-state index in [1.165, 1.54) is 12.4 Å². The molecule has 5 heterocycles. The predicted octanol–water partition coefficient (Wildman–Crippen LogP) is 3.37. The summed E-state index contributed by atoms with van der Waals surface area (Å²) in [6.45, 7) is 6.78. The van der Waals surface area contributed by atoms with Crippen molar-refractivity contribution in [2.45, 2.75) is 57.9 Å². The van der Waals surface area contributed by atoms with E-state index in [4.69, 9.17) is 10.1 Å². The zero-order valence-electron chi connectivity index (χ0n) is 22.1. The Hall–Kier alpha value is -3.90. The van der Waals surface area contributed by atoms with Gasteiger partial charge in [0.1, 0.15) is 0 Å². The first-order valence-electron chi connectivity index (χ1n) is 13.0. The van der Waals surface area contributed by atoms with Gasteiger partial charge in [-0.15, -0.1) is 0 Å². The van der Waals surface area contributed by atoms with E-state index in [2.05, 4.69) is 45.7 Å². The zero-order chi connectivity index (χ0) is 27.3. The number of rotatable bonds is 9. The van der Waals surface area contributed by atoms with Crippen molar-refractivity contribution in [1.82, 2.24) is 38.5 Å². The van der Waals surface area contributed by atoms with Crippen molar-refractivity contribution >= 4 is 20.9 Å². The summed E-state index contributed by atoms with van der Waals surface area (Å²) in [6, 6.07) is 4.15. The first kappa shape index (κ1) is 25.4. The summed E-state index contributed by atoms with van der Waals surface area (Å²) in [5, 5.41) is 18.7. The summed E-state index contributed by atoms with van der Waals surface area (Å²) in [7, 11) is -3.45. The molecule has 5 aromatic heterocycles. The molecule has 0 saturated heterocycles. The fourth-order valence-corrected chi connectivity index (χ4v) is 6.28. The van der Waals surface area contributed by atoms with Crippen LogP contribution >= 0.6 is 0 Å². The molecule has 5 aromatic rings. The Morgan fingerprint density at radius 2 is 1.92 bits per heavy atom. The molecule has 1 aliphatic rings. The van der Waals surface area contributed by atoms with Crippen molar-refractivity contribution in [3.8, 4) is 22.6 Å². The Bertz CT molecular complexity index is 1780. The Kier molecular flexibility index (Phi) is 6.31. The SMILES string of the molecule is Cc1cn(CCO)nc1-c1cn(C(C)C)c2cc(Cc3ccnc(-c4cnn(S(=O)(=O)C5CC5)c4)n3)ncc12. The minimum absolute atomic E-state index is 0.0336. The van der Waals surface area contributed by atoms with Crippen molar-refractivity contribution < 1.29 is 13.5 Å². The predicted molar refractivity (Wildman–Crippen MR) is 147 cm³/mol. The van der Waals surface area contributed by atoms with Crippen LogP contribution in [0.15, 0.2) is 49.3 Å². The molecular weight excluding hydrogens is 516 g/mol. The van der Waals surface area contributed by atoms with Crippen LogP contribution in [-0.4, -0.2) is 63.9 Å². The van der Waals surface area contributed by atoms with Crippen LogP contribution in [0, 0.1) is 6.92 Å². The molecular formula is C27H30N8O3S. The van der Waals surface area contributed by atoms with E-state index in [0.717, 1.165) is 43.2 Å². The molecule has 0 spiro atoms. The standard InChI is InChI=1S/C27H30N8O3S/c1-17(2)34-16-24(26-18(3)14-33(32-26)8-9-36)23-13-29-21(11-25(23)34)10-20-6-7-28-27(31-20)19-12-30-35(15-19)39(37,38)22-4-5-22/h6-7,11-17,22,36H,4-5,8-10H2,1-3H3. The largest absolute Gasteiger partial charge is 0.394 e. The Labute approximate surface area is 226 Å². The van der Waals surface area contributed by atoms with Gasteiger partial charge < -0.3 is 9.67 Å². The van der Waals surface area contributed by atoms with E-state index in [9.17, 15) is 13.5 Å². The molecule has 1 aliphatic carbocycles. The second-order valence-corrected chi connectivity index (χ2v) is 12.3. The minimum Gasteiger partial charge on any atom is -0.394 e. The van der Waals surface area contributed by atoms with E-state index in [1.54, 1.807) is 10.9 Å². The number of aliphatic hydroxyl groups is 1. The summed E-state index contributed by atoms with van der Waals surface area (Å²) in [6.07, 6.45) is 12.4. The Morgan fingerprint density at radius 1 is 1.10 bits per heavy atom. The lowest BCUT2D eigenvalue weighted by Crippen LogP contribution is -2.17. The van der Waals surface area contributed by atoms with Gasteiger partial charge in [0.05, 0.1) is 53.3 Å². The summed E-state index contributed by atoms with van der Waals surface area (Å²) in [5.41, 5.74) is 6.17. The maximum atomic E-state index is 12.5. The van der Waals surface area contributed by atoms with Gasteiger partial charge in [-0.05, 0) is 51.3 Å². The second-order valence-electron chi connectivity index (χ2n) is 10.3. The van der Waals surface area contributed by atoms with E-state index in [0.29, 0.717) is 37.2 Å². The quantitative estimate of drug-likeness (QED) is 0.297. The van der Waals surface area contributed by atoms with Crippen LogP contribution in [0.1, 0.15) is 49.7 Å². The van der Waals surface area contributed by atoms with Crippen LogP contribution in [-0.2, 0) is 23.0 Å². The van der Waals surface area contributed by atoms with Crippen LogP contribution in [0.4, 0.5) is 0 Å². The third kappa shape index (κ3) is 4.74. The van der Waals surface area contributed by atoms with Gasteiger partial charge in [0.25, 0.3) is 10.0 Å². The van der Waals surface area contributed by atoms with Gasteiger partial charge in [-0.3, -0.25) is 9.67 Å². The highest BCUT2D eigenvalue weighted by Crippen LogP contribution is 2.34. The van der Waals surface area contributed by atoms with E-state index >= 15 is 0 Å². The summed E-state index contributed by atoms with van der Waals surface area (Å²) in [4.78, 5) is 13.8. The molecule has 1 saturated carbocycles. The van der Waals surface area contributed by atoms with Gasteiger partial charge in [-0.2, -0.15) is 14.3 Å². The molecule has 0 amide bonds.